The topological polar surface area (TPSA) is 94.8 Å². The average Bonchev–Trinajstić information content (AvgIpc) is 3.19. The Morgan fingerprint density at radius 2 is 1.74 bits per heavy atom. The lowest BCUT2D eigenvalue weighted by molar-refractivity contribution is -0.384. The van der Waals surface area contributed by atoms with Crippen molar-refractivity contribution in [3.63, 3.8) is 0 Å². The van der Waals surface area contributed by atoms with Gasteiger partial charge in [0.05, 0.1) is 21.9 Å². The van der Waals surface area contributed by atoms with E-state index >= 15 is 0 Å². The summed E-state index contributed by atoms with van der Waals surface area (Å²) in [6.07, 6.45) is 3.81. The number of aromatic hydroxyl groups is 1. The first-order valence-corrected chi connectivity index (χ1v) is 12.0. The number of nitrogens with one attached hydrogen (secondary N) is 1. The fraction of sp³-hybridized carbons (Fsp3) is 0.222. The van der Waals surface area contributed by atoms with Crippen molar-refractivity contribution in [1.29, 1.82) is 0 Å². The highest BCUT2D eigenvalue weighted by atomic mass is 35.5. The van der Waals surface area contributed by atoms with Crippen molar-refractivity contribution >= 4 is 39.6 Å². The zero-order chi connectivity index (χ0) is 24.4. The molecule has 0 spiro atoms. The van der Waals surface area contributed by atoms with E-state index in [4.69, 9.17) is 16.6 Å². The second kappa shape index (κ2) is 9.90. The van der Waals surface area contributed by atoms with Gasteiger partial charge in [-0.1, -0.05) is 42.3 Å². The minimum absolute atomic E-state index is 0.0599. The molecule has 4 aromatic rings. The molecule has 2 heterocycles. The fourth-order valence-corrected chi connectivity index (χ4v) is 4.70. The summed E-state index contributed by atoms with van der Waals surface area (Å²) < 4.78 is 0. The molecule has 1 aliphatic heterocycles. The van der Waals surface area contributed by atoms with E-state index in [2.05, 4.69) is 22.0 Å². The molecule has 0 aliphatic carbocycles. The minimum Gasteiger partial charge on any atom is -0.494 e. The van der Waals surface area contributed by atoms with Crippen LogP contribution in [-0.4, -0.2) is 38.7 Å². The quantitative estimate of drug-likeness (QED) is 0.182. The Bertz CT molecular complexity index is 1390. The van der Waals surface area contributed by atoms with Crippen LogP contribution in [0.4, 0.5) is 11.4 Å². The van der Waals surface area contributed by atoms with Crippen molar-refractivity contribution in [3.05, 3.63) is 98.6 Å². The van der Waals surface area contributed by atoms with Gasteiger partial charge in [-0.3, -0.25) is 15.0 Å². The molecule has 0 atom stereocenters. The van der Waals surface area contributed by atoms with Crippen molar-refractivity contribution in [2.75, 3.05) is 13.1 Å². The third-order valence-corrected chi connectivity index (χ3v) is 6.61. The van der Waals surface area contributed by atoms with E-state index in [-0.39, 0.29) is 11.6 Å². The maximum atomic E-state index is 11.4. The number of benzene rings is 3. The molecule has 35 heavy (non-hydrogen) atoms. The SMILES string of the molecule is O=[N+]([O-])c1ccc2[nH]c(O)c(C(=Nc3ccc(CN4CCCCC4)cc3)c3ccc(Cl)cc3)c2c1. The molecule has 0 bridgehead atoms. The Hall–Kier alpha value is -3.68. The van der Waals surface area contributed by atoms with Gasteiger partial charge in [-0.2, -0.15) is 0 Å². The summed E-state index contributed by atoms with van der Waals surface area (Å²) in [6.45, 7) is 3.18. The summed E-state index contributed by atoms with van der Waals surface area (Å²) in [7, 11) is 0. The maximum absolute atomic E-state index is 11.4. The Labute approximate surface area is 207 Å². The van der Waals surface area contributed by atoms with Crippen LogP contribution in [0.5, 0.6) is 5.88 Å². The highest BCUT2D eigenvalue weighted by Gasteiger charge is 2.21. The van der Waals surface area contributed by atoms with Crippen molar-refractivity contribution in [1.82, 2.24) is 9.88 Å². The zero-order valence-corrected chi connectivity index (χ0v) is 19.8. The Morgan fingerprint density at radius 3 is 2.43 bits per heavy atom. The van der Waals surface area contributed by atoms with Crippen LogP contribution in [0.3, 0.4) is 0 Å². The molecule has 8 heteroatoms. The van der Waals surface area contributed by atoms with Crippen molar-refractivity contribution in [2.24, 2.45) is 4.99 Å². The predicted molar refractivity (Wildman–Crippen MR) is 139 cm³/mol. The maximum Gasteiger partial charge on any atom is 0.270 e. The number of piperidine rings is 1. The summed E-state index contributed by atoms with van der Waals surface area (Å²) in [5, 5.41) is 23.3. The van der Waals surface area contributed by atoms with Crippen molar-refractivity contribution < 1.29 is 10.0 Å². The van der Waals surface area contributed by atoms with Crippen LogP contribution in [0, 0.1) is 10.1 Å². The van der Waals surface area contributed by atoms with E-state index in [9.17, 15) is 15.2 Å². The number of halogens is 1. The number of hydrogen-bond donors (Lipinski definition) is 2. The van der Waals surface area contributed by atoms with Gasteiger partial charge in [0.1, 0.15) is 0 Å². The predicted octanol–water partition coefficient (Wildman–Crippen LogP) is 6.59. The minimum atomic E-state index is -0.451. The first-order chi connectivity index (χ1) is 17.0. The van der Waals surface area contributed by atoms with E-state index in [0.29, 0.717) is 27.2 Å². The van der Waals surface area contributed by atoms with Gasteiger partial charge < -0.3 is 10.1 Å². The number of nitro benzene ring substituents is 1. The van der Waals surface area contributed by atoms with Gasteiger partial charge in [0.15, 0.2) is 5.88 Å². The monoisotopic (exact) mass is 488 g/mol. The third kappa shape index (κ3) is 5.06. The summed E-state index contributed by atoms with van der Waals surface area (Å²) >= 11 is 6.11. The molecule has 0 unspecified atom stereocenters. The van der Waals surface area contributed by atoms with E-state index in [0.717, 1.165) is 30.9 Å². The lowest BCUT2D eigenvalue weighted by Crippen LogP contribution is -2.28. The van der Waals surface area contributed by atoms with E-state index < -0.39 is 4.92 Å². The zero-order valence-electron chi connectivity index (χ0n) is 19.1. The number of nitro groups is 1. The molecular formula is C27H25ClN4O3. The summed E-state index contributed by atoms with van der Waals surface area (Å²) in [6, 6.07) is 19.7. The molecule has 178 valence electrons. The van der Waals surface area contributed by atoms with Gasteiger partial charge in [-0.15, -0.1) is 0 Å². The largest absolute Gasteiger partial charge is 0.494 e. The van der Waals surface area contributed by atoms with Crippen molar-refractivity contribution in [3.8, 4) is 5.88 Å². The molecule has 0 amide bonds. The second-order valence-corrected chi connectivity index (χ2v) is 9.24. The van der Waals surface area contributed by atoms with Crippen LogP contribution in [-0.2, 0) is 6.54 Å². The number of aromatic nitrogens is 1. The Balaban J connectivity index is 1.57. The number of aromatic amines is 1. The van der Waals surface area contributed by atoms with Crippen LogP contribution in [0.2, 0.25) is 5.02 Å². The molecule has 1 saturated heterocycles. The number of likely N-dealkylation sites (tertiary alicyclic amines) is 1. The number of fused-ring (bicyclic) bond motifs is 1. The molecule has 2 N–H and O–H groups in total. The molecule has 1 fully saturated rings. The van der Waals surface area contributed by atoms with Gasteiger partial charge in [-0.05, 0) is 61.8 Å². The number of non-ortho nitro benzene ring substituents is 1. The number of aliphatic imine (C=N–C) groups is 1. The molecule has 1 aliphatic rings. The number of rotatable bonds is 6. The van der Waals surface area contributed by atoms with Crippen LogP contribution in [0.15, 0.2) is 71.7 Å². The van der Waals surface area contributed by atoms with E-state index in [1.54, 1.807) is 18.2 Å². The number of H-pyrrole nitrogens is 1. The Morgan fingerprint density at radius 1 is 1.03 bits per heavy atom. The van der Waals surface area contributed by atoms with Crippen LogP contribution in [0.1, 0.15) is 36.0 Å². The van der Waals surface area contributed by atoms with Gasteiger partial charge in [0, 0.05) is 40.2 Å². The van der Waals surface area contributed by atoms with Crippen LogP contribution in [0.25, 0.3) is 10.9 Å². The summed E-state index contributed by atoms with van der Waals surface area (Å²) in [4.78, 5) is 21.2. The average molecular weight is 489 g/mol. The first kappa shape index (κ1) is 23.1. The number of nitrogens with zero attached hydrogens (tertiary/aromatic N) is 3. The normalized spacial score (nSPS) is 14.9. The van der Waals surface area contributed by atoms with Gasteiger partial charge >= 0.3 is 0 Å². The molecule has 3 aromatic carbocycles. The van der Waals surface area contributed by atoms with E-state index in [1.807, 2.05) is 24.3 Å². The highest BCUT2D eigenvalue weighted by Crippen LogP contribution is 2.34. The first-order valence-electron chi connectivity index (χ1n) is 11.6. The highest BCUT2D eigenvalue weighted by molar-refractivity contribution is 6.31. The van der Waals surface area contributed by atoms with Gasteiger partial charge in [0.2, 0.25) is 0 Å². The molecular weight excluding hydrogens is 464 g/mol. The molecule has 7 nitrogen and oxygen atoms in total. The molecule has 0 radical (unpaired) electrons. The van der Waals surface area contributed by atoms with Gasteiger partial charge in [0.25, 0.3) is 5.69 Å². The van der Waals surface area contributed by atoms with Crippen LogP contribution >= 0.6 is 11.6 Å². The lowest BCUT2D eigenvalue weighted by Gasteiger charge is -2.26. The molecule has 0 saturated carbocycles. The summed E-state index contributed by atoms with van der Waals surface area (Å²) in [5.41, 5.74) is 4.10. The third-order valence-electron chi connectivity index (χ3n) is 6.36. The molecule has 5 rings (SSSR count). The molecule has 1 aromatic heterocycles. The Kier molecular flexibility index (Phi) is 6.53. The smallest absolute Gasteiger partial charge is 0.270 e. The fourth-order valence-electron chi connectivity index (χ4n) is 4.57. The lowest BCUT2D eigenvalue weighted by atomic mass is 10.0. The second-order valence-electron chi connectivity index (χ2n) is 8.81. The summed E-state index contributed by atoms with van der Waals surface area (Å²) in [5.74, 6) is -0.101. The van der Waals surface area contributed by atoms with E-state index in [1.165, 1.54) is 37.0 Å². The number of hydrogen-bond acceptors (Lipinski definition) is 5. The van der Waals surface area contributed by atoms with Crippen LogP contribution < -0.4 is 0 Å². The standard InChI is InChI=1S/C27H25ClN4O3/c28-20-8-6-19(7-9-20)26(25-23-16-22(32(34)35)12-13-24(23)30-27(25)33)29-21-10-4-18(5-11-21)17-31-14-2-1-3-15-31/h4-13,16,30,33H,1-3,14-15,17H2. The van der Waals surface area contributed by atoms with Gasteiger partial charge in [-0.25, -0.2) is 4.99 Å². The van der Waals surface area contributed by atoms with Crippen molar-refractivity contribution in [2.45, 2.75) is 25.8 Å².